The molecular weight excluding hydrogens is 274 g/mol. The maximum Gasteiger partial charge on any atom is 0.160 e. The van der Waals surface area contributed by atoms with Gasteiger partial charge in [0.1, 0.15) is 0 Å². The molecule has 0 aliphatic rings. The maximum atomic E-state index is 5.38. The van der Waals surface area contributed by atoms with Gasteiger partial charge in [-0.05, 0) is 41.6 Å². The second kappa shape index (κ2) is 6.06. The predicted molar refractivity (Wildman–Crippen MR) is 88.8 cm³/mol. The Morgan fingerprint density at radius 2 is 1.77 bits per heavy atom. The number of hydrogen-bond acceptors (Lipinski definition) is 3. The van der Waals surface area contributed by atoms with Crippen molar-refractivity contribution in [2.75, 3.05) is 14.2 Å². The molecule has 3 aromatic rings. The van der Waals surface area contributed by atoms with E-state index in [1.807, 2.05) is 18.3 Å². The monoisotopic (exact) mass is 293 g/mol. The highest BCUT2D eigenvalue weighted by molar-refractivity contribution is 5.87. The molecule has 0 spiro atoms. The third kappa shape index (κ3) is 2.62. The SMILES string of the molecule is COc1ccc(Cc2nccc3cccc(C)c23)cc1OC. The first kappa shape index (κ1) is 14.4. The zero-order valence-electron chi connectivity index (χ0n) is 13.1. The highest BCUT2D eigenvalue weighted by atomic mass is 16.5. The molecule has 0 saturated carbocycles. The summed E-state index contributed by atoms with van der Waals surface area (Å²) in [5.41, 5.74) is 3.49. The van der Waals surface area contributed by atoms with Gasteiger partial charge in [-0.3, -0.25) is 4.98 Å². The fourth-order valence-electron chi connectivity index (χ4n) is 2.81. The lowest BCUT2D eigenvalue weighted by Gasteiger charge is -2.11. The fourth-order valence-corrected chi connectivity index (χ4v) is 2.81. The molecule has 2 aromatic carbocycles. The maximum absolute atomic E-state index is 5.38. The van der Waals surface area contributed by atoms with Crippen LogP contribution < -0.4 is 9.47 Å². The normalized spacial score (nSPS) is 10.7. The highest BCUT2D eigenvalue weighted by Gasteiger charge is 2.09. The molecule has 1 heterocycles. The van der Waals surface area contributed by atoms with Crippen LogP contribution >= 0.6 is 0 Å². The molecule has 112 valence electrons. The molecule has 0 unspecified atom stereocenters. The van der Waals surface area contributed by atoms with Crippen LogP contribution in [0.4, 0.5) is 0 Å². The van der Waals surface area contributed by atoms with Crippen molar-refractivity contribution in [1.29, 1.82) is 0 Å². The van der Waals surface area contributed by atoms with Crippen molar-refractivity contribution in [2.24, 2.45) is 0 Å². The van der Waals surface area contributed by atoms with Crippen molar-refractivity contribution >= 4 is 10.8 Å². The van der Waals surface area contributed by atoms with Crippen LogP contribution in [0.25, 0.3) is 10.8 Å². The Morgan fingerprint density at radius 3 is 2.55 bits per heavy atom. The largest absolute Gasteiger partial charge is 0.493 e. The summed E-state index contributed by atoms with van der Waals surface area (Å²) in [6.45, 7) is 2.13. The fraction of sp³-hybridized carbons (Fsp3) is 0.211. The number of aryl methyl sites for hydroxylation is 1. The van der Waals surface area contributed by atoms with Crippen molar-refractivity contribution < 1.29 is 9.47 Å². The van der Waals surface area contributed by atoms with Gasteiger partial charge in [-0.2, -0.15) is 0 Å². The Bertz CT molecular complexity index is 806. The number of hydrogen-bond donors (Lipinski definition) is 0. The molecule has 0 aliphatic carbocycles. The minimum atomic E-state index is 0.744. The molecular formula is C19H19NO2. The molecule has 1 aromatic heterocycles. The van der Waals surface area contributed by atoms with E-state index in [1.165, 1.54) is 16.3 Å². The Balaban J connectivity index is 2.04. The molecule has 3 heteroatoms. The molecule has 0 bridgehead atoms. The van der Waals surface area contributed by atoms with Gasteiger partial charge in [-0.1, -0.05) is 24.3 Å². The summed E-state index contributed by atoms with van der Waals surface area (Å²) in [6, 6.07) is 14.4. The van der Waals surface area contributed by atoms with Crippen molar-refractivity contribution in [3.63, 3.8) is 0 Å². The quantitative estimate of drug-likeness (QED) is 0.724. The van der Waals surface area contributed by atoms with Gasteiger partial charge in [0.05, 0.1) is 19.9 Å². The summed E-state index contributed by atoms with van der Waals surface area (Å²) in [7, 11) is 3.30. The van der Waals surface area contributed by atoms with Crippen molar-refractivity contribution in [3.8, 4) is 11.5 Å². The van der Waals surface area contributed by atoms with Crippen LogP contribution in [0.15, 0.2) is 48.7 Å². The zero-order chi connectivity index (χ0) is 15.5. The highest BCUT2D eigenvalue weighted by Crippen LogP contribution is 2.29. The summed E-state index contributed by atoms with van der Waals surface area (Å²) in [5, 5.41) is 2.46. The lowest BCUT2D eigenvalue weighted by Crippen LogP contribution is -1.97. The average molecular weight is 293 g/mol. The van der Waals surface area contributed by atoms with Gasteiger partial charge in [0, 0.05) is 18.0 Å². The third-order valence-corrected chi connectivity index (χ3v) is 3.90. The Kier molecular flexibility index (Phi) is 3.96. The minimum absolute atomic E-state index is 0.744. The van der Waals surface area contributed by atoms with E-state index in [4.69, 9.17) is 9.47 Å². The van der Waals surface area contributed by atoms with Crippen LogP contribution in [0.3, 0.4) is 0 Å². The van der Waals surface area contributed by atoms with E-state index in [-0.39, 0.29) is 0 Å². The number of benzene rings is 2. The van der Waals surface area contributed by atoms with Gasteiger partial charge in [0.2, 0.25) is 0 Å². The van der Waals surface area contributed by atoms with Crippen molar-refractivity contribution in [2.45, 2.75) is 13.3 Å². The molecule has 0 amide bonds. The number of methoxy groups -OCH3 is 2. The summed E-state index contributed by atoms with van der Waals surface area (Å²) >= 11 is 0. The minimum Gasteiger partial charge on any atom is -0.493 e. The molecule has 0 aliphatic heterocycles. The summed E-state index contributed by atoms with van der Waals surface area (Å²) < 4.78 is 10.7. The van der Waals surface area contributed by atoms with E-state index >= 15 is 0 Å². The Hall–Kier alpha value is -2.55. The second-order valence-corrected chi connectivity index (χ2v) is 5.30. The van der Waals surface area contributed by atoms with Crippen LogP contribution in [-0.2, 0) is 6.42 Å². The first-order valence-corrected chi connectivity index (χ1v) is 7.27. The van der Waals surface area contributed by atoms with Crippen LogP contribution in [0.2, 0.25) is 0 Å². The van der Waals surface area contributed by atoms with Gasteiger partial charge in [-0.25, -0.2) is 0 Å². The zero-order valence-corrected chi connectivity index (χ0v) is 13.1. The summed E-state index contributed by atoms with van der Waals surface area (Å²) in [5.74, 6) is 1.49. The molecule has 0 atom stereocenters. The van der Waals surface area contributed by atoms with Gasteiger partial charge < -0.3 is 9.47 Å². The molecule has 0 radical (unpaired) electrons. The predicted octanol–water partition coefficient (Wildman–Crippen LogP) is 4.15. The first-order chi connectivity index (χ1) is 10.7. The number of rotatable bonds is 4. The smallest absolute Gasteiger partial charge is 0.160 e. The second-order valence-electron chi connectivity index (χ2n) is 5.30. The van der Waals surface area contributed by atoms with Gasteiger partial charge in [0.25, 0.3) is 0 Å². The Morgan fingerprint density at radius 1 is 0.955 bits per heavy atom. The molecule has 3 rings (SSSR count). The molecule has 3 nitrogen and oxygen atoms in total. The topological polar surface area (TPSA) is 31.4 Å². The van der Waals surface area contributed by atoms with Crippen LogP contribution in [0, 0.1) is 6.92 Å². The Labute approximate surface area is 130 Å². The summed E-state index contributed by atoms with van der Waals surface area (Å²) in [4.78, 5) is 4.59. The summed E-state index contributed by atoms with van der Waals surface area (Å²) in [6.07, 6.45) is 2.64. The molecule has 0 fully saturated rings. The third-order valence-electron chi connectivity index (χ3n) is 3.90. The van der Waals surface area contributed by atoms with Crippen LogP contribution in [-0.4, -0.2) is 19.2 Å². The van der Waals surface area contributed by atoms with E-state index in [9.17, 15) is 0 Å². The lowest BCUT2D eigenvalue weighted by molar-refractivity contribution is 0.354. The number of nitrogens with zero attached hydrogens (tertiary/aromatic N) is 1. The van der Waals surface area contributed by atoms with E-state index in [1.54, 1.807) is 14.2 Å². The van der Waals surface area contributed by atoms with Crippen molar-refractivity contribution in [3.05, 3.63) is 65.5 Å². The van der Waals surface area contributed by atoms with E-state index < -0.39 is 0 Å². The van der Waals surface area contributed by atoms with Crippen LogP contribution in [0.1, 0.15) is 16.8 Å². The number of ether oxygens (including phenoxy) is 2. The van der Waals surface area contributed by atoms with E-state index in [0.29, 0.717) is 0 Å². The average Bonchev–Trinajstić information content (AvgIpc) is 2.55. The van der Waals surface area contributed by atoms with E-state index in [2.05, 4.69) is 42.2 Å². The van der Waals surface area contributed by atoms with Gasteiger partial charge in [0.15, 0.2) is 11.5 Å². The number of aromatic nitrogens is 1. The first-order valence-electron chi connectivity index (χ1n) is 7.27. The molecule has 22 heavy (non-hydrogen) atoms. The standard InChI is InChI=1S/C19H19NO2/c1-13-5-4-6-15-9-10-20-16(19(13)15)11-14-7-8-17(21-2)18(12-14)22-3/h4-10,12H,11H2,1-3H3. The van der Waals surface area contributed by atoms with Gasteiger partial charge in [-0.15, -0.1) is 0 Å². The number of fused-ring (bicyclic) bond motifs is 1. The van der Waals surface area contributed by atoms with Crippen molar-refractivity contribution in [1.82, 2.24) is 4.98 Å². The molecule has 0 N–H and O–H groups in total. The van der Waals surface area contributed by atoms with E-state index in [0.717, 1.165) is 29.2 Å². The lowest BCUT2D eigenvalue weighted by atomic mass is 10.00. The number of pyridine rings is 1. The van der Waals surface area contributed by atoms with Gasteiger partial charge >= 0.3 is 0 Å². The van der Waals surface area contributed by atoms with Crippen LogP contribution in [0.5, 0.6) is 11.5 Å². The molecule has 0 saturated heterocycles.